The van der Waals surface area contributed by atoms with Gasteiger partial charge in [-0.05, 0) is 36.6 Å². The van der Waals surface area contributed by atoms with Crippen molar-refractivity contribution in [2.24, 2.45) is 0 Å². The molecule has 4 rings (SSSR count). The van der Waals surface area contributed by atoms with Crippen molar-refractivity contribution in [1.82, 2.24) is 15.3 Å². The molecule has 1 aromatic carbocycles. The molecular formula is C17H19N5O2. The van der Waals surface area contributed by atoms with Crippen LogP contribution in [0.5, 0.6) is 5.88 Å². The summed E-state index contributed by atoms with van der Waals surface area (Å²) in [6.45, 7) is 2.88. The summed E-state index contributed by atoms with van der Waals surface area (Å²) < 4.78 is 5.55. The van der Waals surface area contributed by atoms with Crippen LogP contribution >= 0.6 is 0 Å². The van der Waals surface area contributed by atoms with Gasteiger partial charge in [0.25, 0.3) is 5.91 Å². The van der Waals surface area contributed by atoms with E-state index in [0.29, 0.717) is 19.1 Å². The number of nitrogen functional groups attached to an aromatic ring is 1. The molecule has 0 aliphatic carbocycles. The van der Waals surface area contributed by atoms with E-state index in [1.807, 2.05) is 12.1 Å². The first-order valence-corrected chi connectivity index (χ1v) is 8.10. The normalized spacial score (nSPS) is 20.4. The van der Waals surface area contributed by atoms with Gasteiger partial charge in [0, 0.05) is 12.2 Å². The van der Waals surface area contributed by atoms with E-state index in [9.17, 15) is 4.79 Å². The van der Waals surface area contributed by atoms with Crippen LogP contribution in [0.4, 0.5) is 11.5 Å². The highest BCUT2D eigenvalue weighted by Gasteiger charge is 2.28. The Morgan fingerprint density at radius 1 is 1.25 bits per heavy atom. The number of carbonyl (C=O) groups excluding carboxylic acids is 1. The molecule has 1 unspecified atom stereocenters. The number of aromatic nitrogens is 2. The molecule has 7 nitrogen and oxygen atoms in total. The van der Waals surface area contributed by atoms with Crippen LogP contribution in [-0.4, -0.2) is 42.1 Å². The maximum absolute atomic E-state index is 12.9. The van der Waals surface area contributed by atoms with Crippen LogP contribution in [0.3, 0.4) is 0 Å². The number of nitrogens with two attached hydrogens (primary N) is 1. The van der Waals surface area contributed by atoms with Crippen molar-refractivity contribution >= 4 is 17.4 Å². The number of amides is 1. The Labute approximate surface area is 139 Å². The van der Waals surface area contributed by atoms with Gasteiger partial charge in [0.2, 0.25) is 5.88 Å². The third-order valence-corrected chi connectivity index (χ3v) is 4.59. The first-order chi connectivity index (χ1) is 11.7. The third-order valence-electron chi connectivity index (χ3n) is 4.59. The molecule has 1 atom stereocenters. The number of nitrogens with zero attached hydrogens (tertiary/aromatic N) is 3. The lowest BCUT2D eigenvalue weighted by atomic mass is 9.98. The highest BCUT2D eigenvalue weighted by atomic mass is 16.5. The van der Waals surface area contributed by atoms with E-state index in [2.05, 4.69) is 27.4 Å². The van der Waals surface area contributed by atoms with E-state index in [1.165, 1.54) is 11.9 Å². The molecule has 7 heteroatoms. The standard InChI is InChI=1S/C17H19N5O2/c18-15-14-16(21-10-20-15)24-8-7-22(17(14)23)13-3-1-11(2-4-13)12-5-6-19-9-12/h1-4,10,12,19H,5-9H2,(H2,18,20,21). The van der Waals surface area contributed by atoms with E-state index >= 15 is 0 Å². The molecule has 2 aromatic rings. The molecule has 3 N–H and O–H groups in total. The van der Waals surface area contributed by atoms with Gasteiger partial charge in [-0.2, -0.15) is 0 Å². The molecule has 1 aromatic heterocycles. The predicted octanol–water partition coefficient (Wildman–Crippen LogP) is 1.17. The van der Waals surface area contributed by atoms with Gasteiger partial charge < -0.3 is 20.7 Å². The summed E-state index contributed by atoms with van der Waals surface area (Å²) in [5, 5.41) is 3.37. The van der Waals surface area contributed by atoms with Crippen LogP contribution in [0.25, 0.3) is 0 Å². The first kappa shape index (κ1) is 14.9. The Balaban J connectivity index is 1.64. The summed E-state index contributed by atoms with van der Waals surface area (Å²) in [5.74, 6) is 0.720. The highest BCUT2D eigenvalue weighted by Crippen LogP contribution is 2.29. The number of carbonyl (C=O) groups is 1. The summed E-state index contributed by atoms with van der Waals surface area (Å²) in [6, 6.07) is 8.16. The van der Waals surface area contributed by atoms with Crippen LogP contribution in [0.1, 0.15) is 28.3 Å². The zero-order chi connectivity index (χ0) is 16.5. The number of nitrogens with one attached hydrogen (secondary N) is 1. The van der Waals surface area contributed by atoms with E-state index in [0.717, 1.165) is 25.2 Å². The van der Waals surface area contributed by atoms with E-state index < -0.39 is 0 Å². The summed E-state index contributed by atoms with van der Waals surface area (Å²) in [6.07, 6.45) is 2.46. The summed E-state index contributed by atoms with van der Waals surface area (Å²) in [7, 11) is 0. The van der Waals surface area contributed by atoms with E-state index in [-0.39, 0.29) is 23.2 Å². The molecule has 24 heavy (non-hydrogen) atoms. The fraction of sp³-hybridized carbons (Fsp3) is 0.353. The second-order valence-corrected chi connectivity index (χ2v) is 6.03. The predicted molar refractivity (Wildman–Crippen MR) is 90.3 cm³/mol. The zero-order valence-corrected chi connectivity index (χ0v) is 13.2. The van der Waals surface area contributed by atoms with Crippen molar-refractivity contribution in [2.45, 2.75) is 12.3 Å². The Kier molecular flexibility index (Phi) is 3.78. The van der Waals surface area contributed by atoms with Gasteiger partial charge in [0.15, 0.2) is 0 Å². The lowest BCUT2D eigenvalue weighted by Crippen LogP contribution is -2.32. The molecule has 2 aliphatic heterocycles. The number of ether oxygens (including phenoxy) is 1. The number of anilines is 2. The van der Waals surface area contributed by atoms with Gasteiger partial charge >= 0.3 is 0 Å². The molecule has 0 saturated carbocycles. The fourth-order valence-electron chi connectivity index (χ4n) is 3.27. The molecule has 1 amide bonds. The Bertz CT molecular complexity index is 756. The van der Waals surface area contributed by atoms with Crippen LogP contribution < -0.4 is 20.7 Å². The van der Waals surface area contributed by atoms with Crippen LogP contribution in [0.2, 0.25) is 0 Å². The van der Waals surface area contributed by atoms with Crippen molar-refractivity contribution in [3.05, 3.63) is 41.7 Å². The summed E-state index contributed by atoms with van der Waals surface area (Å²) in [4.78, 5) is 22.5. The van der Waals surface area contributed by atoms with E-state index in [1.54, 1.807) is 4.90 Å². The van der Waals surface area contributed by atoms with Gasteiger partial charge in [-0.15, -0.1) is 0 Å². The zero-order valence-electron chi connectivity index (χ0n) is 13.2. The summed E-state index contributed by atoms with van der Waals surface area (Å²) >= 11 is 0. The number of rotatable bonds is 2. The average molecular weight is 325 g/mol. The molecule has 0 spiro atoms. The molecule has 1 saturated heterocycles. The molecular weight excluding hydrogens is 306 g/mol. The Morgan fingerprint density at radius 3 is 2.83 bits per heavy atom. The summed E-state index contributed by atoms with van der Waals surface area (Å²) in [5.41, 5.74) is 8.22. The van der Waals surface area contributed by atoms with Gasteiger partial charge in [-0.25, -0.2) is 9.97 Å². The molecule has 0 bridgehead atoms. The Morgan fingerprint density at radius 2 is 2.08 bits per heavy atom. The van der Waals surface area contributed by atoms with E-state index in [4.69, 9.17) is 10.5 Å². The maximum Gasteiger partial charge on any atom is 0.267 e. The fourth-order valence-corrected chi connectivity index (χ4v) is 3.27. The maximum atomic E-state index is 12.9. The first-order valence-electron chi connectivity index (χ1n) is 8.10. The SMILES string of the molecule is Nc1ncnc2c1C(=O)N(c1ccc(C3CCNC3)cc1)CCO2. The quantitative estimate of drug-likeness (QED) is 0.861. The van der Waals surface area contributed by atoms with Crippen molar-refractivity contribution < 1.29 is 9.53 Å². The third kappa shape index (κ3) is 2.56. The number of benzene rings is 1. The van der Waals surface area contributed by atoms with Crippen LogP contribution in [0.15, 0.2) is 30.6 Å². The topological polar surface area (TPSA) is 93.4 Å². The molecule has 1 fully saturated rings. The monoisotopic (exact) mass is 325 g/mol. The lowest BCUT2D eigenvalue weighted by Gasteiger charge is -2.21. The number of hydrogen-bond acceptors (Lipinski definition) is 6. The smallest absolute Gasteiger partial charge is 0.267 e. The second-order valence-electron chi connectivity index (χ2n) is 6.03. The van der Waals surface area contributed by atoms with Gasteiger partial charge in [-0.1, -0.05) is 12.1 Å². The Hall–Kier alpha value is -2.67. The lowest BCUT2D eigenvalue weighted by molar-refractivity contribution is 0.0990. The average Bonchev–Trinajstić information content (AvgIpc) is 3.07. The largest absolute Gasteiger partial charge is 0.475 e. The van der Waals surface area contributed by atoms with Gasteiger partial charge in [0.1, 0.15) is 24.3 Å². The van der Waals surface area contributed by atoms with Crippen molar-refractivity contribution in [3.8, 4) is 5.88 Å². The molecule has 2 aliphatic rings. The minimum atomic E-state index is -0.226. The minimum Gasteiger partial charge on any atom is -0.475 e. The van der Waals surface area contributed by atoms with Crippen LogP contribution in [-0.2, 0) is 0 Å². The second kappa shape index (κ2) is 6.09. The minimum absolute atomic E-state index is 0.144. The number of hydrogen-bond donors (Lipinski definition) is 2. The van der Waals surface area contributed by atoms with Crippen LogP contribution in [0, 0.1) is 0 Å². The van der Waals surface area contributed by atoms with Gasteiger partial charge in [-0.3, -0.25) is 4.79 Å². The van der Waals surface area contributed by atoms with Gasteiger partial charge in [0.05, 0.1) is 6.54 Å². The highest BCUT2D eigenvalue weighted by molar-refractivity contribution is 6.10. The van der Waals surface area contributed by atoms with Crippen molar-refractivity contribution in [1.29, 1.82) is 0 Å². The van der Waals surface area contributed by atoms with Crippen molar-refractivity contribution in [2.75, 3.05) is 36.9 Å². The van der Waals surface area contributed by atoms with Crippen molar-refractivity contribution in [3.63, 3.8) is 0 Å². The number of fused-ring (bicyclic) bond motifs is 1. The molecule has 0 radical (unpaired) electrons. The molecule has 3 heterocycles. The molecule has 124 valence electrons.